The summed E-state index contributed by atoms with van der Waals surface area (Å²) in [5.41, 5.74) is 2.99. The Balaban J connectivity index is 1.55. The fourth-order valence-electron chi connectivity index (χ4n) is 3.46. The SMILES string of the molecule is Cc1nc2c(c(N[C@@H]3CCOC3)n1)CCN(C(=O)c1ccsc1)CC2. The summed E-state index contributed by atoms with van der Waals surface area (Å²) in [5, 5.41) is 7.39. The van der Waals surface area contributed by atoms with E-state index in [4.69, 9.17) is 4.74 Å². The predicted molar refractivity (Wildman–Crippen MR) is 97.2 cm³/mol. The summed E-state index contributed by atoms with van der Waals surface area (Å²) in [4.78, 5) is 23.9. The first-order valence-corrected chi connectivity index (χ1v) is 9.67. The third-order valence-electron chi connectivity index (χ3n) is 4.78. The number of carbonyl (C=O) groups is 1. The number of amides is 1. The fourth-order valence-corrected chi connectivity index (χ4v) is 4.09. The molecule has 1 fully saturated rings. The minimum absolute atomic E-state index is 0.109. The highest BCUT2D eigenvalue weighted by molar-refractivity contribution is 7.08. The Bertz CT molecular complexity index is 757. The van der Waals surface area contributed by atoms with Gasteiger partial charge in [-0.3, -0.25) is 4.79 Å². The van der Waals surface area contributed by atoms with Gasteiger partial charge in [0.05, 0.1) is 23.9 Å². The summed E-state index contributed by atoms with van der Waals surface area (Å²) >= 11 is 1.55. The monoisotopic (exact) mass is 358 g/mol. The van der Waals surface area contributed by atoms with Crippen LogP contribution in [0.5, 0.6) is 0 Å². The molecule has 0 aromatic carbocycles. The summed E-state index contributed by atoms with van der Waals surface area (Å²) in [6, 6.07) is 2.20. The first-order valence-electron chi connectivity index (χ1n) is 8.73. The van der Waals surface area contributed by atoms with E-state index in [0.29, 0.717) is 19.1 Å². The van der Waals surface area contributed by atoms with Crippen LogP contribution in [0, 0.1) is 6.92 Å². The fraction of sp³-hybridized carbons (Fsp3) is 0.500. The molecule has 132 valence electrons. The lowest BCUT2D eigenvalue weighted by molar-refractivity contribution is 0.0763. The molecule has 2 aliphatic heterocycles. The van der Waals surface area contributed by atoms with Crippen molar-refractivity contribution in [2.75, 3.05) is 31.6 Å². The molecule has 2 aromatic rings. The van der Waals surface area contributed by atoms with Gasteiger partial charge in [-0.15, -0.1) is 0 Å². The molecule has 7 heteroatoms. The molecule has 1 saturated heterocycles. The molecule has 1 atom stereocenters. The molecule has 4 heterocycles. The van der Waals surface area contributed by atoms with Gasteiger partial charge < -0.3 is 15.0 Å². The van der Waals surface area contributed by atoms with Crippen molar-refractivity contribution in [3.8, 4) is 0 Å². The van der Waals surface area contributed by atoms with Crippen LogP contribution in [0.2, 0.25) is 0 Å². The van der Waals surface area contributed by atoms with E-state index in [1.165, 1.54) is 0 Å². The molecule has 4 rings (SSSR count). The Morgan fingerprint density at radius 3 is 3.00 bits per heavy atom. The van der Waals surface area contributed by atoms with E-state index in [1.807, 2.05) is 28.7 Å². The van der Waals surface area contributed by atoms with Crippen LogP contribution < -0.4 is 5.32 Å². The third kappa shape index (κ3) is 3.52. The highest BCUT2D eigenvalue weighted by Crippen LogP contribution is 2.24. The van der Waals surface area contributed by atoms with E-state index >= 15 is 0 Å². The van der Waals surface area contributed by atoms with E-state index in [9.17, 15) is 4.79 Å². The summed E-state index contributed by atoms with van der Waals surface area (Å²) in [6.07, 6.45) is 2.55. The number of nitrogens with one attached hydrogen (secondary N) is 1. The average Bonchev–Trinajstić information content (AvgIpc) is 3.26. The quantitative estimate of drug-likeness (QED) is 0.912. The molecule has 0 unspecified atom stereocenters. The molecule has 0 aliphatic carbocycles. The molecular formula is C18H22N4O2S. The smallest absolute Gasteiger partial charge is 0.254 e. The normalized spacial score (nSPS) is 20.2. The Labute approximate surface area is 151 Å². The van der Waals surface area contributed by atoms with Gasteiger partial charge in [0.2, 0.25) is 0 Å². The number of hydrogen-bond acceptors (Lipinski definition) is 6. The molecule has 25 heavy (non-hydrogen) atoms. The number of ether oxygens (including phenoxy) is 1. The minimum Gasteiger partial charge on any atom is -0.379 e. The summed E-state index contributed by atoms with van der Waals surface area (Å²) in [6.45, 7) is 4.84. The second-order valence-corrected chi connectivity index (χ2v) is 7.33. The highest BCUT2D eigenvalue weighted by atomic mass is 32.1. The highest BCUT2D eigenvalue weighted by Gasteiger charge is 2.25. The van der Waals surface area contributed by atoms with Crippen LogP contribution in [0.3, 0.4) is 0 Å². The number of fused-ring (bicyclic) bond motifs is 1. The van der Waals surface area contributed by atoms with Crippen molar-refractivity contribution in [1.82, 2.24) is 14.9 Å². The van der Waals surface area contributed by atoms with Crippen LogP contribution >= 0.6 is 11.3 Å². The lowest BCUT2D eigenvalue weighted by atomic mass is 10.1. The molecule has 0 saturated carbocycles. The summed E-state index contributed by atoms with van der Waals surface area (Å²) in [5.74, 6) is 1.80. The Kier molecular flexibility index (Phi) is 4.67. The predicted octanol–water partition coefficient (Wildman–Crippen LogP) is 2.29. The van der Waals surface area contributed by atoms with Crippen molar-refractivity contribution >= 4 is 23.1 Å². The van der Waals surface area contributed by atoms with Gasteiger partial charge in [0.25, 0.3) is 5.91 Å². The van der Waals surface area contributed by atoms with Gasteiger partial charge in [-0.05, 0) is 31.2 Å². The topological polar surface area (TPSA) is 67.4 Å². The number of aromatic nitrogens is 2. The second kappa shape index (κ2) is 7.09. The van der Waals surface area contributed by atoms with Crippen LogP contribution in [-0.4, -0.2) is 53.1 Å². The maximum Gasteiger partial charge on any atom is 0.254 e. The molecule has 6 nitrogen and oxygen atoms in total. The zero-order valence-corrected chi connectivity index (χ0v) is 15.1. The van der Waals surface area contributed by atoms with Crippen molar-refractivity contribution < 1.29 is 9.53 Å². The van der Waals surface area contributed by atoms with Crippen LogP contribution in [0.15, 0.2) is 16.8 Å². The van der Waals surface area contributed by atoms with Crippen LogP contribution in [0.25, 0.3) is 0 Å². The number of hydrogen-bond donors (Lipinski definition) is 1. The zero-order valence-electron chi connectivity index (χ0n) is 14.3. The average molecular weight is 358 g/mol. The first-order chi connectivity index (χ1) is 12.2. The van der Waals surface area contributed by atoms with Gasteiger partial charge in [-0.1, -0.05) is 0 Å². The van der Waals surface area contributed by atoms with Crippen LogP contribution in [0.1, 0.15) is 33.9 Å². The molecule has 2 aromatic heterocycles. The van der Waals surface area contributed by atoms with E-state index in [1.54, 1.807) is 11.3 Å². The van der Waals surface area contributed by atoms with E-state index in [-0.39, 0.29) is 5.91 Å². The van der Waals surface area contributed by atoms with Crippen LogP contribution in [-0.2, 0) is 17.6 Å². The maximum atomic E-state index is 12.7. The Morgan fingerprint density at radius 2 is 2.24 bits per heavy atom. The maximum absolute atomic E-state index is 12.7. The van der Waals surface area contributed by atoms with Gasteiger partial charge in [-0.25, -0.2) is 9.97 Å². The van der Waals surface area contributed by atoms with E-state index < -0.39 is 0 Å². The van der Waals surface area contributed by atoms with Crippen LogP contribution in [0.4, 0.5) is 5.82 Å². The van der Waals surface area contributed by atoms with Gasteiger partial charge in [-0.2, -0.15) is 11.3 Å². The summed E-state index contributed by atoms with van der Waals surface area (Å²) < 4.78 is 5.46. The zero-order chi connectivity index (χ0) is 17.2. The molecule has 0 radical (unpaired) electrons. The molecule has 2 aliphatic rings. The number of aryl methyl sites for hydroxylation is 1. The first kappa shape index (κ1) is 16.5. The standard InChI is InChI=1S/C18H22N4O2S/c1-12-19-16-3-7-22(18(23)13-5-9-25-11-13)6-2-15(16)17(20-12)21-14-4-8-24-10-14/h5,9,11,14H,2-4,6-8,10H2,1H3,(H,19,20,21)/t14-/m1/s1. The van der Waals surface area contributed by atoms with Crippen molar-refractivity contribution in [2.45, 2.75) is 32.2 Å². The third-order valence-corrected chi connectivity index (χ3v) is 5.46. The lowest BCUT2D eigenvalue weighted by Crippen LogP contribution is -2.33. The largest absolute Gasteiger partial charge is 0.379 e. The van der Waals surface area contributed by atoms with Gasteiger partial charge in [0.15, 0.2) is 0 Å². The Hall–Kier alpha value is -1.99. The number of carbonyl (C=O) groups excluding carboxylic acids is 1. The van der Waals surface area contributed by atoms with E-state index in [2.05, 4.69) is 15.3 Å². The molecular weight excluding hydrogens is 336 g/mol. The molecule has 1 amide bonds. The van der Waals surface area contributed by atoms with Crippen molar-refractivity contribution in [3.63, 3.8) is 0 Å². The van der Waals surface area contributed by atoms with Crippen molar-refractivity contribution in [1.29, 1.82) is 0 Å². The van der Waals surface area contributed by atoms with Gasteiger partial charge in [0.1, 0.15) is 11.6 Å². The lowest BCUT2D eigenvalue weighted by Gasteiger charge is -2.19. The molecule has 0 bridgehead atoms. The van der Waals surface area contributed by atoms with Crippen molar-refractivity contribution in [2.24, 2.45) is 0 Å². The van der Waals surface area contributed by atoms with E-state index in [0.717, 1.165) is 60.9 Å². The van der Waals surface area contributed by atoms with Crippen molar-refractivity contribution in [3.05, 3.63) is 39.5 Å². The second-order valence-electron chi connectivity index (χ2n) is 6.55. The van der Waals surface area contributed by atoms with Gasteiger partial charge >= 0.3 is 0 Å². The Morgan fingerprint density at radius 1 is 1.36 bits per heavy atom. The minimum atomic E-state index is 0.109. The number of thiophene rings is 1. The summed E-state index contributed by atoms with van der Waals surface area (Å²) in [7, 11) is 0. The molecule has 0 spiro atoms. The number of rotatable bonds is 3. The van der Waals surface area contributed by atoms with Gasteiger partial charge in [0, 0.05) is 37.1 Å². The molecule has 1 N–H and O–H groups in total. The number of nitrogens with zero attached hydrogens (tertiary/aromatic N) is 3. The number of anilines is 1.